The molecular weight excluding hydrogens is 450 g/mol. The first-order chi connectivity index (χ1) is 16.5. The van der Waals surface area contributed by atoms with E-state index in [1.165, 1.54) is 12.1 Å². The molecule has 0 bridgehead atoms. The second-order valence-electron chi connectivity index (χ2n) is 8.58. The minimum absolute atomic E-state index is 0.0774. The van der Waals surface area contributed by atoms with Crippen molar-refractivity contribution < 1.29 is 13.2 Å². The molecule has 1 aromatic heterocycles. The molecule has 8 nitrogen and oxygen atoms in total. The first kappa shape index (κ1) is 22.3. The van der Waals surface area contributed by atoms with Crippen LogP contribution >= 0.6 is 0 Å². The summed E-state index contributed by atoms with van der Waals surface area (Å²) in [6.45, 7) is 1.46. The Morgan fingerprint density at radius 2 is 1.79 bits per heavy atom. The zero-order valence-electron chi connectivity index (χ0n) is 18.8. The van der Waals surface area contributed by atoms with Crippen molar-refractivity contribution in [3.63, 3.8) is 0 Å². The quantitative estimate of drug-likeness (QED) is 0.579. The van der Waals surface area contributed by atoms with E-state index in [-0.39, 0.29) is 10.8 Å². The van der Waals surface area contributed by atoms with Crippen molar-refractivity contribution >= 4 is 27.5 Å². The summed E-state index contributed by atoms with van der Waals surface area (Å²) in [5.41, 5.74) is 2.70. The van der Waals surface area contributed by atoms with Gasteiger partial charge in [0, 0.05) is 30.8 Å². The normalized spacial score (nSPS) is 15.8. The maximum atomic E-state index is 13.3. The van der Waals surface area contributed by atoms with Gasteiger partial charge in [-0.2, -0.15) is 0 Å². The first-order valence-electron chi connectivity index (χ1n) is 11.6. The van der Waals surface area contributed by atoms with Crippen LogP contribution in [0.25, 0.3) is 11.4 Å². The number of amidine groups is 1. The van der Waals surface area contributed by atoms with Crippen molar-refractivity contribution in [2.24, 2.45) is 4.99 Å². The van der Waals surface area contributed by atoms with Gasteiger partial charge in [0.25, 0.3) is 15.9 Å². The Kier molecular flexibility index (Phi) is 6.19. The maximum Gasteiger partial charge on any atom is 0.276 e. The molecule has 0 unspecified atom stereocenters. The lowest BCUT2D eigenvalue weighted by molar-refractivity contribution is 0.102. The third kappa shape index (κ3) is 4.61. The minimum atomic E-state index is -3.77. The predicted octanol–water partition coefficient (Wildman–Crippen LogP) is 4.00. The third-order valence-corrected chi connectivity index (χ3v) is 7.52. The molecule has 3 heterocycles. The highest BCUT2D eigenvalue weighted by atomic mass is 32.2. The van der Waals surface area contributed by atoms with Gasteiger partial charge in [-0.25, -0.2) is 13.4 Å². The Balaban J connectivity index is 1.43. The highest BCUT2D eigenvalue weighted by molar-refractivity contribution is 7.90. The van der Waals surface area contributed by atoms with Gasteiger partial charge in [0.1, 0.15) is 17.4 Å². The van der Waals surface area contributed by atoms with Gasteiger partial charge in [-0.1, -0.05) is 42.8 Å². The first-order valence-corrected chi connectivity index (χ1v) is 13.1. The molecule has 0 atom stereocenters. The molecule has 2 aliphatic heterocycles. The van der Waals surface area contributed by atoms with Crippen molar-refractivity contribution in [1.82, 2.24) is 14.3 Å². The minimum Gasteiger partial charge on any atom is -0.327 e. The van der Waals surface area contributed by atoms with Crippen LogP contribution in [0.3, 0.4) is 0 Å². The van der Waals surface area contributed by atoms with E-state index in [2.05, 4.69) is 19.6 Å². The molecule has 34 heavy (non-hydrogen) atoms. The molecular formula is C25H27N5O3S. The van der Waals surface area contributed by atoms with E-state index in [1.54, 1.807) is 12.1 Å². The van der Waals surface area contributed by atoms with E-state index >= 15 is 0 Å². The average Bonchev–Trinajstić information content (AvgIpc) is 3.40. The topological polar surface area (TPSA) is 105 Å². The fourth-order valence-corrected chi connectivity index (χ4v) is 5.61. The number of imidazole rings is 1. The molecule has 0 radical (unpaired) electrons. The number of hydrogen-bond donors (Lipinski definition) is 2. The van der Waals surface area contributed by atoms with Crippen LogP contribution < -0.4 is 10.0 Å². The number of hydrogen-bond acceptors (Lipinski definition) is 5. The Bertz CT molecular complexity index is 1350. The highest BCUT2D eigenvalue weighted by Gasteiger charge is 2.25. The van der Waals surface area contributed by atoms with Crippen LogP contribution in [0.1, 0.15) is 48.3 Å². The van der Waals surface area contributed by atoms with Crippen molar-refractivity contribution in [2.75, 3.05) is 11.9 Å². The zero-order chi connectivity index (χ0) is 23.5. The monoisotopic (exact) mass is 477 g/mol. The summed E-state index contributed by atoms with van der Waals surface area (Å²) in [6.07, 6.45) is 5.39. The molecule has 2 aliphatic rings. The van der Waals surface area contributed by atoms with Crippen molar-refractivity contribution in [3.8, 4) is 11.4 Å². The number of aliphatic imine (C=N–C) groups is 1. The summed E-state index contributed by atoms with van der Waals surface area (Å²) in [5.74, 6) is 0.930. The van der Waals surface area contributed by atoms with E-state index in [9.17, 15) is 13.2 Å². The van der Waals surface area contributed by atoms with Crippen LogP contribution in [-0.2, 0) is 23.0 Å². The number of benzene rings is 2. The summed E-state index contributed by atoms with van der Waals surface area (Å²) < 4.78 is 30.2. The predicted molar refractivity (Wildman–Crippen MR) is 131 cm³/mol. The fourth-order valence-electron chi connectivity index (χ4n) is 4.48. The molecule has 9 heteroatoms. The third-order valence-electron chi connectivity index (χ3n) is 6.14. The molecule has 2 aromatic carbocycles. The van der Waals surface area contributed by atoms with Gasteiger partial charge in [-0.3, -0.25) is 14.5 Å². The standard InChI is InChI=1S/C25H27N5O3S/c31-25(27-19-11-7-12-20(17-19)34(32,33)29-22-14-8-15-26-22)23-21-13-5-2-6-16-30(21)24(28-23)18-9-3-1-4-10-18/h1,3-4,7,9-12,17H,2,5-6,8,13-16H2,(H,26,29)(H,27,31). The highest BCUT2D eigenvalue weighted by Crippen LogP contribution is 2.28. The Morgan fingerprint density at radius 3 is 2.59 bits per heavy atom. The fraction of sp³-hybridized carbons (Fsp3) is 0.320. The molecule has 1 amide bonds. The molecule has 0 saturated carbocycles. The smallest absolute Gasteiger partial charge is 0.276 e. The van der Waals surface area contributed by atoms with Crippen molar-refractivity contribution in [1.29, 1.82) is 0 Å². The van der Waals surface area contributed by atoms with Crippen LogP contribution in [0.15, 0.2) is 64.5 Å². The summed E-state index contributed by atoms with van der Waals surface area (Å²) in [7, 11) is -3.77. The van der Waals surface area contributed by atoms with Crippen LogP contribution in [0.2, 0.25) is 0 Å². The van der Waals surface area contributed by atoms with Gasteiger partial charge in [0.05, 0.1) is 10.6 Å². The van der Waals surface area contributed by atoms with Gasteiger partial charge in [-0.15, -0.1) is 0 Å². The molecule has 0 spiro atoms. The van der Waals surface area contributed by atoms with Crippen LogP contribution in [0.4, 0.5) is 5.69 Å². The van der Waals surface area contributed by atoms with Crippen molar-refractivity contribution in [2.45, 2.75) is 50.0 Å². The largest absolute Gasteiger partial charge is 0.327 e. The van der Waals surface area contributed by atoms with Crippen LogP contribution in [0, 0.1) is 0 Å². The Hall–Kier alpha value is -3.46. The number of anilines is 1. The van der Waals surface area contributed by atoms with E-state index in [4.69, 9.17) is 4.98 Å². The van der Waals surface area contributed by atoms with Crippen molar-refractivity contribution in [3.05, 3.63) is 66.0 Å². The summed E-state index contributed by atoms with van der Waals surface area (Å²) >= 11 is 0. The number of amides is 1. The average molecular weight is 478 g/mol. The van der Waals surface area contributed by atoms with E-state index < -0.39 is 10.0 Å². The maximum absolute atomic E-state index is 13.3. The second-order valence-corrected chi connectivity index (χ2v) is 10.3. The summed E-state index contributed by atoms with van der Waals surface area (Å²) in [5, 5.41) is 2.86. The van der Waals surface area contributed by atoms with Crippen LogP contribution in [0.5, 0.6) is 0 Å². The Labute approximate surface area is 199 Å². The molecule has 2 N–H and O–H groups in total. The number of nitrogens with zero attached hydrogens (tertiary/aromatic N) is 3. The molecule has 176 valence electrons. The second kappa shape index (κ2) is 9.42. The lowest BCUT2D eigenvalue weighted by Crippen LogP contribution is -2.29. The SMILES string of the molecule is O=C(Nc1cccc(S(=O)(=O)NC2=NCCC2)c1)c1nc(-c2ccccc2)n2c1CCCCC2. The zero-order valence-corrected chi connectivity index (χ0v) is 19.6. The van der Waals surface area contributed by atoms with Gasteiger partial charge in [0.2, 0.25) is 0 Å². The van der Waals surface area contributed by atoms with E-state index in [1.807, 2.05) is 30.3 Å². The summed E-state index contributed by atoms with van der Waals surface area (Å²) in [6, 6.07) is 16.1. The Morgan fingerprint density at radius 1 is 0.941 bits per heavy atom. The number of carbonyl (C=O) groups excluding carboxylic acids is 1. The van der Waals surface area contributed by atoms with E-state index in [0.29, 0.717) is 30.2 Å². The van der Waals surface area contributed by atoms with Crippen LogP contribution in [-0.4, -0.2) is 36.3 Å². The number of nitrogens with one attached hydrogen (secondary N) is 2. The number of rotatable bonds is 5. The lowest BCUT2D eigenvalue weighted by Gasteiger charge is -2.10. The lowest BCUT2D eigenvalue weighted by atomic mass is 10.1. The van der Waals surface area contributed by atoms with E-state index in [0.717, 1.165) is 55.7 Å². The number of fused-ring (bicyclic) bond motifs is 1. The summed E-state index contributed by atoms with van der Waals surface area (Å²) in [4.78, 5) is 22.3. The number of aromatic nitrogens is 2. The molecule has 0 saturated heterocycles. The van der Waals surface area contributed by atoms with Gasteiger partial charge < -0.3 is 9.88 Å². The molecule has 3 aromatic rings. The number of carbonyl (C=O) groups is 1. The molecule has 0 aliphatic carbocycles. The number of sulfonamides is 1. The molecule has 5 rings (SSSR count). The van der Waals surface area contributed by atoms with Gasteiger partial charge in [-0.05, 0) is 43.9 Å². The van der Waals surface area contributed by atoms with Gasteiger partial charge >= 0.3 is 0 Å². The van der Waals surface area contributed by atoms with Gasteiger partial charge in [0.15, 0.2) is 0 Å². The molecule has 0 fully saturated rings.